The van der Waals surface area contributed by atoms with E-state index in [2.05, 4.69) is 6.92 Å². The predicted octanol–water partition coefficient (Wildman–Crippen LogP) is 3.19. The fourth-order valence-corrected chi connectivity index (χ4v) is 5.05. The highest BCUT2D eigenvalue weighted by molar-refractivity contribution is 7.99. The smallest absolute Gasteiger partial charge is 0.263 e. The summed E-state index contributed by atoms with van der Waals surface area (Å²) in [7, 11) is 0. The van der Waals surface area contributed by atoms with Crippen molar-refractivity contribution < 1.29 is 9.53 Å². The van der Waals surface area contributed by atoms with Crippen molar-refractivity contribution in [2.24, 2.45) is 0 Å². The maximum atomic E-state index is 13.2. The molecule has 24 heavy (non-hydrogen) atoms. The second-order valence-corrected chi connectivity index (χ2v) is 8.25. The second-order valence-electron chi connectivity index (χ2n) is 6.11. The van der Waals surface area contributed by atoms with E-state index in [0.717, 1.165) is 46.5 Å². The second kappa shape index (κ2) is 7.37. The Bertz CT molecular complexity index is 819. The quantitative estimate of drug-likeness (QED) is 0.580. The lowest BCUT2D eigenvalue weighted by Gasteiger charge is -2.15. The van der Waals surface area contributed by atoms with Crippen LogP contribution in [0.1, 0.15) is 37.1 Å². The van der Waals surface area contributed by atoms with Crippen molar-refractivity contribution in [2.45, 2.75) is 57.8 Å². The van der Waals surface area contributed by atoms with Crippen LogP contribution in [0.4, 0.5) is 0 Å². The van der Waals surface area contributed by atoms with Crippen molar-refractivity contribution in [3.05, 3.63) is 20.8 Å². The molecule has 0 saturated carbocycles. The van der Waals surface area contributed by atoms with Crippen LogP contribution in [-0.4, -0.2) is 33.8 Å². The lowest BCUT2D eigenvalue weighted by atomic mass is 10.1. The van der Waals surface area contributed by atoms with E-state index in [4.69, 9.17) is 9.72 Å². The summed E-state index contributed by atoms with van der Waals surface area (Å²) in [5.74, 6) is 0.406. The van der Waals surface area contributed by atoms with Gasteiger partial charge in [-0.05, 0) is 38.7 Å². The Morgan fingerprint density at radius 3 is 2.92 bits per heavy atom. The van der Waals surface area contributed by atoms with E-state index in [9.17, 15) is 9.59 Å². The first-order chi connectivity index (χ1) is 11.5. The fourth-order valence-electron chi connectivity index (χ4n) is 3.09. The van der Waals surface area contributed by atoms with Gasteiger partial charge >= 0.3 is 0 Å². The maximum Gasteiger partial charge on any atom is 0.263 e. The van der Waals surface area contributed by atoms with Crippen molar-refractivity contribution in [3.8, 4) is 0 Å². The predicted molar refractivity (Wildman–Crippen MR) is 98.4 cm³/mol. The van der Waals surface area contributed by atoms with E-state index in [0.29, 0.717) is 17.5 Å². The molecular formula is C17H22N2O3S2. The molecule has 0 bridgehead atoms. The van der Waals surface area contributed by atoms with Gasteiger partial charge in [0.25, 0.3) is 5.56 Å². The molecule has 1 unspecified atom stereocenters. The standard InChI is InChI=1S/C17H22N2O3S2/c1-4-13-11(3)24-15-14(13)16(21)19(8-12-6-5-7-22-12)17(18-15)23-9-10(2)20/h12H,4-9H2,1-3H3. The molecule has 2 aromatic heterocycles. The van der Waals surface area contributed by atoms with E-state index < -0.39 is 0 Å². The highest BCUT2D eigenvalue weighted by atomic mass is 32.2. The van der Waals surface area contributed by atoms with E-state index in [1.165, 1.54) is 11.8 Å². The zero-order valence-corrected chi connectivity index (χ0v) is 15.9. The molecule has 7 heteroatoms. The summed E-state index contributed by atoms with van der Waals surface area (Å²) in [6.07, 6.45) is 2.87. The molecular weight excluding hydrogens is 344 g/mol. The van der Waals surface area contributed by atoms with Gasteiger partial charge in [-0.1, -0.05) is 18.7 Å². The zero-order chi connectivity index (χ0) is 17.3. The van der Waals surface area contributed by atoms with E-state index in [-0.39, 0.29) is 17.4 Å². The average Bonchev–Trinajstić information content (AvgIpc) is 3.15. The summed E-state index contributed by atoms with van der Waals surface area (Å²) in [5.41, 5.74) is 1.10. The van der Waals surface area contributed by atoms with Crippen LogP contribution in [0.25, 0.3) is 10.2 Å². The minimum Gasteiger partial charge on any atom is -0.376 e. The Labute approximate surface area is 149 Å². The van der Waals surface area contributed by atoms with Gasteiger partial charge in [0, 0.05) is 11.5 Å². The number of aromatic nitrogens is 2. The minimum absolute atomic E-state index is 0.00255. The normalized spacial score (nSPS) is 17.7. The van der Waals surface area contributed by atoms with Crippen LogP contribution in [0.5, 0.6) is 0 Å². The molecule has 0 spiro atoms. The van der Waals surface area contributed by atoms with E-state index in [1.807, 2.05) is 6.92 Å². The van der Waals surface area contributed by atoms with Crippen molar-refractivity contribution in [3.63, 3.8) is 0 Å². The Morgan fingerprint density at radius 1 is 1.50 bits per heavy atom. The number of Topliss-reactive ketones (excluding diaryl/α,β-unsaturated/α-hetero) is 1. The van der Waals surface area contributed by atoms with Crippen molar-refractivity contribution in [1.29, 1.82) is 0 Å². The molecule has 1 atom stereocenters. The molecule has 0 aliphatic carbocycles. The van der Waals surface area contributed by atoms with Crippen LogP contribution >= 0.6 is 23.1 Å². The minimum atomic E-state index is 0.00255. The Kier molecular flexibility index (Phi) is 5.42. The lowest BCUT2D eigenvalue weighted by molar-refractivity contribution is -0.114. The Morgan fingerprint density at radius 2 is 2.29 bits per heavy atom. The number of nitrogens with zero attached hydrogens (tertiary/aromatic N) is 2. The molecule has 0 N–H and O–H groups in total. The summed E-state index contributed by atoms with van der Waals surface area (Å²) >= 11 is 2.91. The molecule has 3 rings (SSSR count). The van der Waals surface area contributed by atoms with Crippen LogP contribution in [0, 0.1) is 6.92 Å². The fraction of sp³-hybridized carbons (Fsp3) is 0.588. The molecule has 1 aliphatic rings. The van der Waals surface area contributed by atoms with E-state index >= 15 is 0 Å². The zero-order valence-electron chi connectivity index (χ0n) is 14.3. The first-order valence-corrected chi connectivity index (χ1v) is 10.1. The highest BCUT2D eigenvalue weighted by Gasteiger charge is 2.22. The first-order valence-electron chi connectivity index (χ1n) is 8.28. The number of thioether (sulfide) groups is 1. The highest BCUT2D eigenvalue weighted by Crippen LogP contribution is 2.30. The summed E-state index contributed by atoms with van der Waals surface area (Å²) in [5, 5.41) is 1.37. The van der Waals surface area contributed by atoms with Gasteiger partial charge in [0.2, 0.25) is 0 Å². The van der Waals surface area contributed by atoms with Crippen LogP contribution in [0.3, 0.4) is 0 Å². The number of hydrogen-bond donors (Lipinski definition) is 0. The number of carbonyl (C=O) groups excluding carboxylic acids is 1. The summed E-state index contributed by atoms with van der Waals surface area (Å²) in [6, 6.07) is 0. The number of aryl methyl sites for hydroxylation is 2. The van der Waals surface area contributed by atoms with Crippen LogP contribution < -0.4 is 5.56 Å². The molecule has 1 saturated heterocycles. The Hall–Kier alpha value is -1.18. The van der Waals surface area contributed by atoms with Crippen LogP contribution in [0.15, 0.2) is 9.95 Å². The van der Waals surface area contributed by atoms with Gasteiger partial charge in [0.05, 0.1) is 23.8 Å². The van der Waals surface area contributed by atoms with Gasteiger partial charge < -0.3 is 4.74 Å². The van der Waals surface area contributed by atoms with Crippen molar-refractivity contribution in [2.75, 3.05) is 12.4 Å². The molecule has 0 aromatic carbocycles. The third kappa shape index (κ3) is 3.43. The molecule has 1 aliphatic heterocycles. The summed E-state index contributed by atoms with van der Waals surface area (Å²) < 4.78 is 7.42. The topological polar surface area (TPSA) is 61.2 Å². The number of fused-ring (bicyclic) bond motifs is 1. The number of carbonyl (C=O) groups is 1. The van der Waals surface area contributed by atoms with Gasteiger partial charge in [0.1, 0.15) is 10.6 Å². The molecule has 3 heterocycles. The number of thiophene rings is 1. The molecule has 5 nitrogen and oxygen atoms in total. The number of rotatable bonds is 6. The largest absolute Gasteiger partial charge is 0.376 e. The number of ether oxygens (including phenoxy) is 1. The van der Waals surface area contributed by atoms with Gasteiger partial charge in [-0.2, -0.15) is 0 Å². The van der Waals surface area contributed by atoms with Gasteiger partial charge in [0.15, 0.2) is 5.16 Å². The summed E-state index contributed by atoms with van der Waals surface area (Å²) in [6.45, 7) is 6.93. The molecule has 2 aromatic rings. The molecule has 130 valence electrons. The molecule has 0 amide bonds. The van der Waals surface area contributed by atoms with Gasteiger partial charge in [-0.25, -0.2) is 4.98 Å². The SMILES string of the molecule is CCc1c(C)sc2nc(SCC(C)=O)n(CC3CCCO3)c(=O)c12. The number of ketones is 1. The first kappa shape index (κ1) is 17.6. The van der Waals surface area contributed by atoms with Gasteiger partial charge in [-0.3, -0.25) is 14.2 Å². The average molecular weight is 367 g/mol. The third-order valence-corrected chi connectivity index (χ3v) is 6.41. The molecule has 0 radical (unpaired) electrons. The van der Waals surface area contributed by atoms with Crippen molar-refractivity contribution >= 4 is 39.1 Å². The maximum absolute atomic E-state index is 13.2. The van der Waals surface area contributed by atoms with Gasteiger partial charge in [-0.15, -0.1) is 11.3 Å². The number of hydrogen-bond acceptors (Lipinski definition) is 6. The monoisotopic (exact) mass is 366 g/mol. The van der Waals surface area contributed by atoms with Crippen LogP contribution in [0.2, 0.25) is 0 Å². The summed E-state index contributed by atoms with van der Waals surface area (Å²) in [4.78, 5) is 31.2. The van der Waals surface area contributed by atoms with Crippen molar-refractivity contribution in [1.82, 2.24) is 9.55 Å². The Balaban J connectivity index is 2.11. The van der Waals surface area contributed by atoms with Crippen LogP contribution in [-0.2, 0) is 22.5 Å². The lowest BCUT2D eigenvalue weighted by Crippen LogP contribution is -2.29. The third-order valence-electron chi connectivity index (χ3n) is 4.25. The molecule has 1 fully saturated rings. The van der Waals surface area contributed by atoms with E-state index in [1.54, 1.807) is 22.8 Å².